The maximum Gasteiger partial charge on any atom is 0.138 e. The zero-order chi connectivity index (χ0) is 14.1. The van der Waals surface area contributed by atoms with Crippen LogP contribution in [0.1, 0.15) is 24.7 Å². The number of fused-ring (bicyclic) bond motifs is 1. The Labute approximate surface area is 122 Å². The second kappa shape index (κ2) is 5.37. The third-order valence-electron chi connectivity index (χ3n) is 3.42. The van der Waals surface area contributed by atoms with Gasteiger partial charge in [-0.1, -0.05) is 24.6 Å². The lowest BCUT2D eigenvalue weighted by Crippen LogP contribution is -2.16. The van der Waals surface area contributed by atoms with E-state index in [4.69, 9.17) is 11.6 Å². The largest absolute Gasteiger partial charge is 0.326 e. The second-order valence-corrected chi connectivity index (χ2v) is 5.28. The summed E-state index contributed by atoms with van der Waals surface area (Å²) in [6.45, 7) is 2.86. The molecule has 2 aromatic rings. The lowest BCUT2D eigenvalue weighted by Gasteiger charge is -2.19. The fourth-order valence-corrected chi connectivity index (χ4v) is 2.71. The Balaban J connectivity index is 2.01. The molecule has 0 atom stereocenters. The van der Waals surface area contributed by atoms with E-state index >= 15 is 0 Å². The van der Waals surface area contributed by atoms with E-state index in [-0.39, 0.29) is 5.82 Å². The number of benzene rings is 1. The Bertz CT molecular complexity index is 645. The summed E-state index contributed by atoms with van der Waals surface area (Å²) < 4.78 is 13.4. The van der Waals surface area contributed by atoms with Gasteiger partial charge in [-0.3, -0.25) is 0 Å². The highest BCUT2D eigenvalue weighted by Gasteiger charge is 2.22. The average molecular weight is 292 g/mol. The fraction of sp³-hybridized carbons (Fsp3) is 0.333. The molecule has 0 N–H and O–H groups in total. The molecule has 0 saturated carbocycles. The zero-order valence-corrected chi connectivity index (χ0v) is 12.0. The second-order valence-electron chi connectivity index (χ2n) is 4.89. The minimum atomic E-state index is -0.232. The van der Waals surface area contributed by atoms with Crippen LogP contribution in [-0.2, 0) is 12.8 Å². The van der Waals surface area contributed by atoms with Gasteiger partial charge in [0, 0.05) is 24.7 Å². The maximum atomic E-state index is 13.4. The summed E-state index contributed by atoms with van der Waals surface area (Å²) in [5.74, 6) is 1.25. The van der Waals surface area contributed by atoms with Crippen molar-refractivity contribution in [2.45, 2.75) is 26.2 Å². The van der Waals surface area contributed by atoms with Gasteiger partial charge in [0.05, 0.1) is 0 Å². The minimum absolute atomic E-state index is 0.232. The van der Waals surface area contributed by atoms with Gasteiger partial charge < -0.3 is 4.90 Å². The molecule has 1 aromatic carbocycles. The van der Waals surface area contributed by atoms with E-state index < -0.39 is 0 Å². The van der Waals surface area contributed by atoms with Crippen molar-refractivity contribution in [3.8, 4) is 0 Å². The Morgan fingerprint density at radius 1 is 1.30 bits per heavy atom. The van der Waals surface area contributed by atoms with Crippen LogP contribution in [0.2, 0.25) is 5.15 Å². The Hall–Kier alpha value is -1.68. The minimum Gasteiger partial charge on any atom is -0.326 e. The van der Waals surface area contributed by atoms with Gasteiger partial charge in [-0.2, -0.15) is 0 Å². The molecule has 0 amide bonds. The molecule has 1 aliphatic rings. The molecule has 0 fully saturated rings. The van der Waals surface area contributed by atoms with Crippen molar-refractivity contribution in [1.29, 1.82) is 0 Å². The Morgan fingerprint density at radius 2 is 2.15 bits per heavy atom. The first-order valence-electron chi connectivity index (χ1n) is 6.77. The number of aromatic nitrogens is 2. The first-order valence-corrected chi connectivity index (χ1v) is 7.14. The fourth-order valence-electron chi connectivity index (χ4n) is 2.52. The summed E-state index contributed by atoms with van der Waals surface area (Å²) >= 11 is 6.07. The van der Waals surface area contributed by atoms with E-state index in [9.17, 15) is 4.39 Å². The van der Waals surface area contributed by atoms with Crippen LogP contribution in [0.4, 0.5) is 15.9 Å². The predicted molar refractivity (Wildman–Crippen MR) is 78.1 cm³/mol. The highest BCUT2D eigenvalue weighted by molar-refractivity contribution is 6.29. The Kier molecular flexibility index (Phi) is 3.57. The first kappa shape index (κ1) is 13.3. The van der Waals surface area contributed by atoms with Crippen LogP contribution in [0.3, 0.4) is 0 Å². The lowest BCUT2D eigenvalue weighted by atomic mass is 10.2. The maximum absolute atomic E-state index is 13.4. The highest BCUT2D eigenvalue weighted by atomic mass is 35.5. The quantitative estimate of drug-likeness (QED) is 0.803. The van der Waals surface area contributed by atoms with Gasteiger partial charge in [-0.25, -0.2) is 14.4 Å². The number of nitrogens with zero attached hydrogens (tertiary/aromatic N) is 3. The number of halogens is 2. The number of hydrogen-bond donors (Lipinski definition) is 0. The monoisotopic (exact) mass is 291 g/mol. The molecule has 3 rings (SSSR count). The summed E-state index contributed by atoms with van der Waals surface area (Å²) in [6.07, 6.45) is 2.64. The van der Waals surface area contributed by atoms with Gasteiger partial charge >= 0.3 is 0 Å². The molecule has 0 aliphatic carbocycles. The van der Waals surface area contributed by atoms with Crippen LogP contribution < -0.4 is 4.90 Å². The van der Waals surface area contributed by atoms with Crippen LogP contribution in [0.5, 0.6) is 0 Å². The molecule has 0 saturated heterocycles. The third-order valence-corrected chi connectivity index (χ3v) is 3.61. The predicted octanol–water partition coefficient (Wildman–Crippen LogP) is 3.92. The van der Waals surface area contributed by atoms with Crippen LogP contribution in [-0.4, -0.2) is 16.5 Å². The SMILES string of the molecule is CCCc1nc(Cl)cc(N2CCc3ccc(F)cc32)n1. The molecule has 3 nitrogen and oxygen atoms in total. The van der Waals surface area contributed by atoms with Crippen molar-refractivity contribution in [3.63, 3.8) is 0 Å². The van der Waals surface area contributed by atoms with Crippen molar-refractivity contribution in [2.24, 2.45) is 0 Å². The van der Waals surface area contributed by atoms with Gasteiger partial charge in [0.2, 0.25) is 0 Å². The van der Waals surface area contributed by atoms with Crippen LogP contribution in [0, 0.1) is 5.82 Å². The van der Waals surface area contributed by atoms with Gasteiger partial charge in [-0.15, -0.1) is 0 Å². The van der Waals surface area contributed by atoms with Crippen LogP contribution in [0.25, 0.3) is 0 Å². The van der Waals surface area contributed by atoms with Crippen molar-refractivity contribution in [2.75, 3.05) is 11.4 Å². The van der Waals surface area contributed by atoms with E-state index in [1.807, 2.05) is 11.0 Å². The van der Waals surface area contributed by atoms with Crippen molar-refractivity contribution >= 4 is 23.1 Å². The molecule has 1 aliphatic heterocycles. The summed E-state index contributed by atoms with van der Waals surface area (Å²) in [5, 5.41) is 0.434. The molecule has 5 heteroatoms. The van der Waals surface area contributed by atoms with Gasteiger partial charge in [-0.05, 0) is 30.5 Å². The van der Waals surface area contributed by atoms with Crippen molar-refractivity contribution in [3.05, 3.63) is 46.6 Å². The molecule has 104 valence electrons. The molecule has 0 spiro atoms. The molecule has 20 heavy (non-hydrogen) atoms. The van der Waals surface area contributed by atoms with E-state index in [2.05, 4.69) is 16.9 Å². The average Bonchev–Trinajstić information content (AvgIpc) is 2.81. The topological polar surface area (TPSA) is 29.0 Å². The van der Waals surface area contributed by atoms with E-state index in [1.54, 1.807) is 12.1 Å². The standard InChI is InChI=1S/C15H15ClFN3/c1-2-3-14-18-13(16)9-15(19-14)20-7-6-10-4-5-11(17)8-12(10)20/h4-5,8-9H,2-3,6-7H2,1H3. The summed E-state index contributed by atoms with van der Waals surface area (Å²) in [4.78, 5) is 10.8. The van der Waals surface area contributed by atoms with E-state index in [1.165, 1.54) is 6.07 Å². The molecule has 2 heterocycles. The first-order chi connectivity index (χ1) is 9.67. The lowest BCUT2D eigenvalue weighted by molar-refractivity contribution is 0.628. The molecular formula is C15H15ClFN3. The van der Waals surface area contributed by atoms with Gasteiger partial charge in [0.15, 0.2) is 0 Å². The number of aryl methyl sites for hydroxylation is 1. The van der Waals surface area contributed by atoms with Crippen molar-refractivity contribution in [1.82, 2.24) is 9.97 Å². The number of rotatable bonds is 3. The van der Waals surface area contributed by atoms with Gasteiger partial charge in [0.25, 0.3) is 0 Å². The van der Waals surface area contributed by atoms with Gasteiger partial charge in [0.1, 0.15) is 22.6 Å². The third kappa shape index (κ3) is 2.48. The smallest absolute Gasteiger partial charge is 0.138 e. The summed E-state index contributed by atoms with van der Waals surface area (Å²) in [7, 11) is 0. The Morgan fingerprint density at radius 3 is 2.95 bits per heavy atom. The van der Waals surface area contributed by atoms with E-state index in [0.29, 0.717) is 5.15 Å². The number of hydrogen-bond acceptors (Lipinski definition) is 3. The summed E-state index contributed by atoms with van der Waals surface area (Å²) in [6, 6.07) is 6.62. The molecule has 1 aromatic heterocycles. The van der Waals surface area contributed by atoms with Crippen molar-refractivity contribution < 1.29 is 4.39 Å². The summed E-state index contributed by atoms with van der Waals surface area (Å²) in [5.41, 5.74) is 2.01. The van der Waals surface area contributed by atoms with Crippen LogP contribution >= 0.6 is 11.6 Å². The zero-order valence-electron chi connectivity index (χ0n) is 11.2. The highest BCUT2D eigenvalue weighted by Crippen LogP contribution is 2.34. The molecule has 0 unspecified atom stereocenters. The number of anilines is 2. The van der Waals surface area contributed by atoms with Crippen LogP contribution in [0.15, 0.2) is 24.3 Å². The molecule has 0 bridgehead atoms. The molecular weight excluding hydrogens is 277 g/mol. The van der Waals surface area contributed by atoms with E-state index in [0.717, 1.165) is 48.7 Å². The normalized spacial score (nSPS) is 13.7. The molecule has 0 radical (unpaired) electrons.